The topological polar surface area (TPSA) is 3.24 Å². The summed E-state index contributed by atoms with van der Waals surface area (Å²) in [7, 11) is 0. The number of para-hydroxylation sites is 1. The molecule has 0 atom stereocenters. The first-order valence-electron chi connectivity index (χ1n) is 18.9. The highest BCUT2D eigenvalue weighted by molar-refractivity contribution is 6.14. The van der Waals surface area contributed by atoms with Gasteiger partial charge in [0.1, 0.15) is 0 Å². The van der Waals surface area contributed by atoms with Gasteiger partial charge in [0, 0.05) is 16.9 Å². The Bertz CT molecular complexity index is 2970. The molecule has 0 saturated heterocycles. The van der Waals surface area contributed by atoms with Crippen molar-refractivity contribution in [2.24, 2.45) is 0 Å². The molecule has 0 aliphatic carbocycles. The number of benzene rings is 10. The summed E-state index contributed by atoms with van der Waals surface area (Å²) in [5.74, 6) is 0. The van der Waals surface area contributed by atoms with Crippen LogP contribution in [0.25, 0.3) is 76.8 Å². The summed E-state index contributed by atoms with van der Waals surface area (Å²) in [5.41, 5.74) is 12.9. The van der Waals surface area contributed by atoms with Crippen molar-refractivity contribution in [2.45, 2.75) is 0 Å². The molecule has 10 aromatic carbocycles. The van der Waals surface area contributed by atoms with Gasteiger partial charge in [0.2, 0.25) is 0 Å². The van der Waals surface area contributed by atoms with Crippen LogP contribution in [0.3, 0.4) is 0 Å². The first kappa shape index (κ1) is 32.4. The number of fused-ring (bicyclic) bond motifs is 4. The van der Waals surface area contributed by atoms with Crippen LogP contribution in [0.5, 0.6) is 0 Å². The van der Waals surface area contributed by atoms with Crippen LogP contribution in [-0.4, -0.2) is 0 Å². The lowest BCUT2D eigenvalue weighted by Gasteiger charge is -2.29. The van der Waals surface area contributed by atoms with Crippen molar-refractivity contribution in [3.05, 3.63) is 224 Å². The van der Waals surface area contributed by atoms with Crippen molar-refractivity contribution in [1.29, 1.82) is 0 Å². The Balaban J connectivity index is 1.15. The average molecular weight is 700 g/mol. The van der Waals surface area contributed by atoms with E-state index in [4.69, 9.17) is 0 Å². The van der Waals surface area contributed by atoms with Crippen LogP contribution >= 0.6 is 0 Å². The molecule has 10 rings (SSSR count). The fourth-order valence-electron chi connectivity index (χ4n) is 8.20. The van der Waals surface area contributed by atoms with Crippen LogP contribution in [0.15, 0.2) is 224 Å². The smallest absolute Gasteiger partial charge is 0.0540 e. The minimum Gasteiger partial charge on any atom is -0.310 e. The summed E-state index contributed by atoms with van der Waals surface area (Å²) in [5, 5.41) is 7.51. The molecule has 0 unspecified atom stereocenters. The van der Waals surface area contributed by atoms with E-state index in [-0.39, 0.29) is 0 Å². The Hall–Kier alpha value is -7.22. The van der Waals surface area contributed by atoms with Crippen molar-refractivity contribution in [3.8, 4) is 44.5 Å². The number of hydrogen-bond acceptors (Lipinski definition) is 1. The molecule has 1 heteroatoms. The average Bonchev–Trinajstić information content (AvgIpc) is 3.27. The Morgan fingerprint density at radius 1 is 0.236 bits per heavy atom. The van der Waals surface area contributed by atoms with Crippen molar-refractivity contribution in [1.82, 2.24) is 0 Å². The van der Waals surface area contributed by atoms with E-state index in [0.717, 1.165) is 17.1 Å². The van der Waals surface area contributed by atoms with Gasteiger partial charge in [-0.3, -0.25) is 0 Å². The zero-order chi connectivity index (χ0) is 36.6. The molecule has 0 heterocycles. The summed E-state index contributed by atoms with van der Waals surface area (Å²) in [4.78, 5) is 2.42. The lowest BCUT2D eigenvalue weighted by molar-refractivity contribution is 1.28. The van der Waals surface area contributed by atoms with Gasteiger partial charge < -0.3 is 4.90 Å². The molecular formula is C54H37N. The second-order valence-electron chi connectivity index (χ2n) is 14.1. The Morgan fingerprint density at radius 3 is 1.60 bits per heavy atom. The van der Waals surface area contributed by atoms with Gasteiger partial charge in [0.15, 0.2) is 0 Å². The minimum absolute atomic E-state index is 1.09. The highest BCUT2D eigenvalue weighted by Crippen LogP contribution is 2.45. The van der Waals surface area contributed by atoms with E-state index in [1.54, 1.807) is 0 Å². The molecule has 0 aliphatic rings. The molecule has 0 aliphatic heterocycles. The normalized spacial score (nSPS) is 11.3. The third-order valence-corrected chi connectivity index (χ3v) is 10.8. The zero-order valence-corrected chi connectivity index (χ0v) is 30.3. The van der Waals surface area contributed by atoms with Gasteiger partial charge in [-0.05, 0) is 114 Å². The zero-order valence-electron chi connectivity index (χ0n) is 30.3. The van der Waals surface area contributed by atoms with Gasteiger partial charge in [-0.15, -0.1) is 0 Å². The van der Waals surface area contributed by atoms with Crippen LogP contribution in [0.1, 0.15) is 0 Å². The molecule has 10 aromatic rings. The van der Waals surface area contributed by atoms with Crippen molar-refractivity contribution in [2.75, 3.05) is 4.90 Å². The monoisotopic (exact) mass is 699 g/mol. The molecule has 258 valence electrons. The third kappa shape index (κ3) is 6.02. The van der Waals surface area contributed by atoms with Gasteiger partial charge in [0.25, 0.3) is 0 Å². The lowest BCUT2D eigenvalue weighted by atomic mass is 9.92. The molecule has 1 nitrogen and oxygen atoms in total. The number of rotatable bonds is 7. The molecule has 0 amide bonds. The van der Waals surface area contributed by atoms with Gasteiger partial charge in [0.05, 0.1) is 5.69 Å². The van der Waals surface area contributed by atoms with E-state index in [2.05, 4.69) is 229 Å². The van der Waals surface area contributed by atoms with E-state index in [0.29, 0.717) is 0 Å². The standard InChI is InChI=1S/C54H37N/c1-2-15-38(16-3-1)41-20-12-21-42(35-41)39-31-33-45(34-32-39)55(54-30-11-10-28-52(54)50-29-14-19-40-17-4-6-24-47(40)50)46-23-13-22-43(36-46)53-37-44-18-5-7-25-48(44)49-26-8-9-27-51(49)53/h1-37H. The number of anilines is 3. The van der Waals surface area contributed by atoms with Crippen LogP contribution in [0.2, 0.25) is 0 Å². The largest absolute Gasteiger partial charge is 0.310 e. The fraction of sp³-hybridized carbons (Fsp3) is 0. The third-order valence-electron chi connectivity index (χ3n) is 10.8. The molecule has 55 heavy (non-hydrogen) atoms. The summed E-state index contributed by atoms with van der Waals surface area (Å²) >= 11 is 0. The highest BCUT2D eigenvalue weighted by atomic mass is 15.1. The van der Waals surface area contributed by atoms with Gasteiger partial charge in [-0.25, -0.2) is 0 Å². The molecule has 0 fully saturated rings. The summed E-state index contributed by atoms with van der Waals surface area (Å²) in [6.45, 7) is 0. The van der Waals surface area contributed by atoms with Gasteiger partial charge in [-0.1, -0.05) is 182 Å². The van der Waals surface area contributed by atoms with E-state index in [1.165, 1.54) is 76.8 Å². The maximum atomic E-state index is 2.42. The number of hydrogen-bond donors (Lipinski definition) is 0. The fourth-order valence-corrected chi connectivity index (χ4v) is 8.20. The maximum absolute atomic E-state index is 2.42. The Kier molecular flexibility index (Phi) is 8.24. The van der Waals surface area contributed by atoms with Gasteiger partial charge in [-0.2, -0.15) is 0 Å². The first-order chi connectivity index (χ1) is 27.3. The maximum Gasteiger partial charge on any atom is 0.0540 e. The Morgan fingerprint density at radius 2 is 0.782 bits per heavy atom. The Labute approximate surface area is 322 Å². The minimum atomic E-state index is 1.09. The van der Waals surface area contributed by atoms with Crippen molar-refractivity contribution >= 4 is 49.4 Å². The van der Waals surface area contributed by atoms with Crippen molar-refractivity contribution in [3.63, 3.8) is 0 Å². The van der Waals surface area contributed by atoms with E-state index < -0.39 is 0 Å². The SMILES string of the molecule is c1ccc(-c2cccc(-c3ccc(N(c4cccc(-c5cc6ccccc6c6ccccc56)c4)c4ccccc4-c4cccc5ccccc45)cc3)c2)cc1. The van der Waals surface area contributed by atoms with Crippen LogP contribution in [0, 0.1) is 0 Å². The quantitative estimate of drug-likeness (QED) is 0.150. The molecule has 0 spiro atoms. The second kappa shape index (κ2) is 14.0. The molecule has 0 N–H and O–H groups in total. The highest BCUT2D eigenvalue weighted by Gasteiger charge is 2.20. The van der Waals surface area contributed by atoms with Crippen molar-refractivity contribution < 1.29 is 0 Å². The van der Waals surface area contributed by atoms with Crippen LogP contribution < -0.4 is 4.90 Å². The molecular weight excluding hydrogens is 663 g/mol. The summed E-state index contributed by atoms with van der Waals surface area (Å²) < 4.78 is 0. The molecule has 0 bridgehead atoms. The molecule has 0 radical (unpaired) electrons. The first-order valence-corrected chi connectivity index (χ1v) is 18.9. The molecule has 0 aromatic heterocycles. The summed E-state index contributed by atoms with van der Waals surface area (Å²) in [6, 6.07) is 81.5. The number of nitrogens with zero attached hydrogens (tertiary/aromatic N) is 1. The second-order valence-corrected chi connectivity index (χ2v) is 14.1. The predicted molar refractivity (Wildman–Crippen MR) is 235 cm³/mol. The summed E-state index contributed by atoms with van der Waals surface area (Å²) in [6.07, 6.45) is 0. The predicted octanol–water partition coefficient (Wildman–Crippen LogP) is 15.3. The van der Waals surface area contributed by atoms with E-state index >= 15 is 0 Å². The van der Waals surface area contributed by atoms with E-state index in [1.807, 2.05) is 0 Å². The molecule has 0 saturated carbocycles. The van der Waals surface area contributed by atoms with Gasteiger partial charge >= 0.3 is 0 Å². The van der Waals surface area contributed by atoms with Crippen LogP contribution in [-0.2, 0) is 0 Å². The lowest BCUT2D eigenvalue weighted by Crippen LogP contribution is -2.11. The van der Waals surface area contributed by atoms with E-state index in [9.17, 15) is 0 Å². The van der Waals surface area contributed by atoms with Crippen LogP contribution in [0.4, 0.5) is 17.1 Å².